The van der Waals surface area contributed by atoms with Gasteiger partial charge in [-0.05, 0) is 23.8 Å². The van der Waals surface area contributed by atoms with Crippen LogP contribution in [0.25, 0.3) is 11.3 Å². The van der Waals surface area contributed by atoms with E-state index in [9.17, 15) is 0 Å². The van der Waals surface area contributed by atoms with E-state index in [1.165, 1.54) is 5.56 Å². The lowest BCUT2D eigenvalue weighted by Gasteiger charge is -2.01. The van der Waals surface area contributed by atoms with Gasteiger partial charge in [-0.15, -0.1) is 11.3 Å². The highest BCUT2D eigenvalue weighted by molar-refractivity contribution is 9.10. The third-order valence-corrected chi connectivity index (χ3v) is 4.66. The molecule has 3 aromatic rings. The normalized spacial score (nSPS) is 10.7. The van der Waals surface area contributed by atoms with Gasteiger partial charge in [0.2, 0.25) is 0 Å². The van der Waals surface area contributed by atoms with Gasteiger partial charge in [0.1, 0.15) is 0 Å². The third kappa shape index (κ3) is 2.92. The van der Waals surface area contributed by atoms with Gasteiger partial charge >= 0.3 is 0 Å². The lowest BCUT2D eigenvalue weighted by Crippen LogP contribution is -1.89. The summed E-state index contributed by atoms with van der Waals surface area (Å²) in [7, 11) is 0. The van der Waals surface area contributed by atoms with Gasteiger partial charge in [-0.3, -0.25) is 0 Å². The van der Waals surface area contributed by atoms with Crippen molar-refractivity contribution in [1.29, 1.82) is 0 Å². The zero-order chi connectivity index (χ0) is 13.9. The second kappa shape index (κ2) is 5.77. The van der Waals surface area contributed by atoms with Crippen molar-refractivity contribution in [2.24, 2.45) is 0 Å². The molecule has 0 unspecified atom stereocenters. The summed E-state index contributed by atoms with van der Waals surface area (Å²) < 4.78 is 1.13. The van der Waals surface area contributed by atoms with Crippen molar-refractivity contribution < 1.29 is 0 Å². The summed E-state index contributed by atoms with van der Waals surface area (Å²) in [6.45, 7) is 0. The Morgan fingerprint density at radius 3 is 2.75 bits per heavy atom. The van der Waals surface area contributed by atoms with Crippen molar-refractivity contribution in [2.75, 3.05) is 5.73 Å². The largest absolute Gasteiger partial charge is 0.399 e. The molecular weight excluding hydrogens is 332 g/mol. The summed E-state index contributed by atoms with van der Waals surface area (Å²) in [5, 5.41) is 3.19. The molecule has 0 aliphatic rings. The van der Waals surface area contributed by atoms with Crippen LogP contribution in [0, 0.1) is 0 Å². The maximum atomic E-state index is 5.82. The van der Waals surface area contributed by atoms with Gasteiger partial charge < -0.3 is 5.73 Å². The highest BCUT2D eigenvalue weighted by Crippen LogP contribution is 2.26. The number of aromatic nitrogens is 1. The molecule has 2 N–H and O–H groups in total. The smallest absolute Gasteiger partial charge is 0.0976 e. The van der Waals surface area contributed by atoms with Crippen molar-refractivity contribution >= 4 is 33.0 Å². The second-order valence-corrected chi connectivity index (χ2v) is 6.32. The molecule has 0 spiro atoms. The number of hydrogen-bond acceptors (Lipinski definition) is 3. The molecule has 100 valence electrons. The number of anilines is 1. The lowest BCUT2D eigenvalue weighted by atomic mass is 10.1. The van der Waals surface area contributed by atoms with Gasteiger partial charge in [-0.25, -0.2) is 4.98 Å². The molecule has 0 bridgehead atoms. The molecule has 0 atom stereocenters. The minimum atomic E-state index is 0.767. The van der Waals surface area contributed by atoms with E-state index >= 15 is 0 Å². The molecule has 2 aromatic carbocycles. The van der Waals surface area contributed by atoms with Crippen LogP contribution in [-0.2, 0) is 6.42 Å². The number of nitrogens with two attached hydrogens (primary N) is 1. The number of nitrogens with zero attached hydrogens (tertiary/aromatic N) is 1. The van der Waals surface area contributed by atoms with Crippen molar-refractivity contribution in [3.05, 3.63) is 69.0 Å². The average molecular weight is 345 g/mol. The molecule has 20 heavy (non-hydrogen) atoms. The molecule has 2 nitrogen and oxygen atoms in total. The molecule has 0 amide bonds. The first-order valence-corrected chi connectivity index (χ1v) is 7.93. The van der Waals surface area contributed by atoms with E-state index in [-0.39, 0.29) is 0 Å². The summed E-state index contributed by atoms with van der Waals surface area (Å²) in [4.78, 5) is 4.70. The molecule has 0 fully saturated rings. The topological polar surface area (TPSA) is 38.9 Å². The molecule has 0 aliphatic carbocycles. The minimum absolute atomic E-state index is 0.767. The van der Waals surface area contributed by atoms with E-state index in [1.807, 2.05) is 36.4 Å². The molecule has 0 radical (unpaired) electrons. The SMILES string of the molecule is Nc1cccc(-c2csc(Cc3ccccc3Br)n2)c1. The monoisotopic (exact) mass is 344 g/mol. The van der Waals surface area contributed by atoms with E-state index in [0.717, 1.165) is 32.8 Å². The first-order valence-electron chi connectivity index (χ1n) is 6.26. The molecular formula is C16H13BrN2S. The van der Waals surface area contributed by atoms with Gasteiger partial charge in [0.25, 0.3) is 0 Å². The van der Waals surface area contributed by atoms with Crippen molar-refractivity contribution in [1.82, 2.24) is 4.98 Å². The Morgan fingerprint density at radius 1 is 1.10 bits per heavy atom. The zero-order valence-corrected chi connectivity index (χ0v) is 13.1. The minimum Gasteiger partial charge on any atom is -0.399 e. The van der Waals surface area contributed by atoms with E-state index < -0.39 is 0 Å². The van der Waals surface area contributed by atoms with Crippen molar-refractivity contribution in [3.8, 4) is 11.3 Å². The van der Waals surface area contributed by atoms with Crippen LogP contribution in [0.4, 0.5) is 5.69 Å². The van der Waals surface area contributed by atoms with Gasteiger partial charge in [0.15, 0.2) is 0 Å². The fourth-order valence-electron chi connectivity index (χ4n) is 2.03. The Labute approximate surface area is 130 Å². The maximum absolute atomic E-state index is 5.82. The number of rotatable bonds is 3. The van der Waals surface area contributed by atoms with Gasteiger partial charge in [0.05, 0.1) is 10.7 Å². The summed E-state index contributed by atoms with van der Waals surface area (Å²) in [6.07, 6.45) is 0.842. The van der Waals surface area contributed by atoms with Crippen LogP contribution in [-0.4, -0.2) is 4.98 Å². The summed E-state index contributed by atoms with van der Waals surface area (Å²) >= 11 is 5.26. The fraction of sp³-hybridized carbons (Fsp3) is 0.0625. The lowest BCUT2D eigenvalue weighted by molar-refractivity contribution is 1.13. The standard InChI is InChI=1S/C16H13BrN2S/c17-14-7-2-1-4-11(14)9-16-19-15(10-20-16)12-5-3-6-13(18)8-12/h1-8,10H,9,18H2. The van der Waals surface area contributed by atoms with E-state index in [4.69, 9.17) is 10.7 Å². The predicted octanol–water partition coefficient (Wildman–Crippen LogP) is 4.75. The highest BCUT2D eigenvalue weighted by Gasteiger charge is 2.07. The predicted molar refractivity (Wildman–Crippen MR) is 88.9 cm³/mol. The number of thiazole rings is 1. The molecule has 0 aliphatic heterocycles. The van der Waals surface area contributed by atoms with Crippen LogP contribution in [0.15, 0.2) is 58.4 Å². The number of nitrogen functional groups attached to an aromatic ring is 1. The van der Waals surface area contributed by atoms with Crippen molar-refractivity contribution in [2.45, 2.75) is 6.42 Å². The van der Waals surface area contributed by atoms with Crippen LogP contribution >= 0.6 is 27.3 Å². The number of benzene rings is 2. The van der Waals surface area contributed by atoms with Crippen LogP contribution < -0.4 is 5.73 Å². The first-order chi connectivity index (χ1) is 9.72. The van der Waals surface area contributed by atoms with Crippen LogP contribution in [0.5, 0.6) is 0 Å². The fourth-order valence-corrected chi connectivity index (χ4v) is 3.28. The van der Waals surface area contributed by atoms with Crippen LogP contribution in [0.3, 0.4) is 0 Å². The Kier molecular flexibility index (Phi) is 3.85. The Hall–Kier alpha value is -1.65. The molecule has 0 saturated carbocycles. The Morgan fingerprint density at radius 2 is 1.95 bits per heavy atom. The van der Waals surface area contributed by atoms with Crippen molar-refractivity contribution in [3.63, 3.8) is 0 Å². The van der Waals surface area contributed by atoms with E-state index in [0.29, 0.717) is 0 Å². The van der Waals surface area contributed by atoms with E-state index in [2.05, 4.69) is 33.4 Å². The quantitative estimate of drug-likeness (QED) is 0.696. The Balaban J connectivity index is 1.86. The Bertz CT molecular complexity index is 737. The average Bonchev–Trinajstić information content (AvgIpc) is 2.90. The van der Waals surface area contributed by atoms with Crippen LogP contribution in [0.1, 0.15) is 10.6 Å². The summed E-state index contributed by atoms with van der Waals surface area (Å²) in [6, 6.07) is 16.1. The van der Waals surface area contributed by atoms with Gasteiger partial charge in [-0.1, -0.05) is 46.3 Å². The van der Waals surface area contributed by atoms with Gasteiger partial charge in [0, 0.05) is 27.5 Å². The summed E-state index contributed by atoms with van der Waals surface area (Å²) in [5.41, 5.74) is 9.89. The van der Waals surface area contributed by atoms with Gasteiger partial charge in [-0.2, -0.15) is 0 Å². The molecule has 4 heteroatoms. The summed E-state index contributed by atoms with van der Waals surface area (Å²) in [5.74, 6) is 0. The molecule has 1 heterocycles. The molecule has 1 aromatic heterocycles. The van der Waals surface area contributed by atoms with Crippen LogP contribution in [0.2, 0.25) is 0 Å². The second-order valence-electron chi connectivity index (χ2n) is 4.52. The number of halogens is 1. The third-order valence-electron chi connectivity index (χ3n) is 3.03. The number of hydrogen-bond donors (Lipinski definition) is 1. The first kappa shape index (κ1) is 13.3. The molecule has 0 saturated heterocycles. The highest BCUT2D eigenvalue weighted by atomic mass is 79.9. The maximum Gasteiger partial charge on any atom is 0.0976 e. The van der Waals surface area contributed by atoms with E-state index in [1.54, 1.807) is 11.3 Å². The molecule has 3 rings (SSSR count). The zero-order valence-electron chi connectivity index (χ0n) is 10.7.